The lowest BCUT2D eigenvalue weighted by Crippen LogP contribution is -2.17. The van der Waals surface area contributed by atoms with Crippen LogP contribution >= 0.6 is 0 Å². The minimum Gasteiger partial charge on any atom is -0.496 e. The molecule has 2 N–H and O–H groups in total. The number of amides is 1. The van der Waals surface area contributed by atoms with Gasteiger partial charge in [-0.05, 0) is 46.5 Å². The molecule has 0 atom stereocenters. The first-order valence-electron chi connectivity index (χ1n) is 8.72. The maximum atomic E-state index is 12.2. The van der Waals surface area contributed by atoms with Gasteiger partial charge in [0.1, 0.15) is 5.75 Å². The minimum atomic E-state index is -0.389. The van der Waals surface area contributed by atoms with Crippen LogP contribution in [0.1, 0.15) is 35.1 Å². The van der Waals surface area contributed by atoms with Crippen molar-refractivity contribution in [1.82, 2.24) is 9.47 Å². The van der Waals surface area contributed by atoms with Gasteiger partial charge in [0, 0.05) is 29.1 Å². The highest BCUT2D eigenvalue weighted by molar-refractivity contribution is 6.03. The molecule has 1 heterocycles. The van der Waals surface area contributed by atoms with Gasteiger partial charge in [-0.1, -0.05) is 25.1 Å². The predicted molar refractivity (Wildman–Crippen MR) is 102 cm³/mol. The van der Waals surface area contributed by atoms with Crippen molar-refractivity contribution in [3.63, 3.8) is 0 Å². The van der Waals surface area contributed by atoms with Gasteiger partial charge in [0.05, 0.1) is 12.7 Å². The van der Waals surface area contributed by atoms with Gasteiger partial charge < -0.3 is 19.9 Å². The molecule has 0 spiro atoms. The molecule has 2 rings (SSSR count). The Morgan fingerprint density at radius 3 is 2.52 bits per heavy atom. The third kappa shape index (κ3) is 3.87. The quantitative estimate of drug-likeness (QED) is 0.801. The van der Waals surface area contributed by atoms with E-state index in [-0.39, 0.29) is 5.91 Å². The minimum absolute atomic E-state index is 0.389. The Hall–Kier alpha value is -2.27. The fourth-order valence-corrected chi connectivity index (χ4v) is 3.46. The number of aromatic nitrogens is 1. The summed E-state index contributed by atoms with van der Waals surface area (Å²) < 4.78 is 7.77. The molecule has 1 amide bonds. The summed E-state index contributed by atoms with van der Waals surface area (Å²) in [6.45, 7) is 5.95. The zero-order valence-electron chi connectivity index (χ0n) is 15.9. The van der Waals surface area contributed by atoms with Crippen LogP contribution in [-0.2, 0) is 13.0 Å². The van der Waals surface area contributed by atoms with Gasteiger partial charge in [-0.3, -0.25) is 4.79 Å². The van der Waals surface area contributed by atoms with Crippen LogP contribution in [0.5, 0.6) is 5.75 Å². The fourth-order valence-electron chi connectivity index (χ4n) is 3.46. The fraction of sp³-hybridized carbons (Fsp3) is 0.450. The normalized spacial score (nSPS) is 11.1. The van der Waals surface area contributed by atoms with Crippen molar-refractivity contribution in [2.45, 2.75) is 33.2 Å². The van der Waals surface area contributed by atoms with Crippen molar-refractivity contribution in [2.75, 3.05) is 27.7 Å². The Morgan fingerprint density at radius 2 is 1.96 bits per heavy atom. The van der Waals surface area contributed by atoms with Crippen molar-refractivity contribution in [1.29, 1.82) is 0 Å². The van der Waals surface area contributed by atoms with Gasteiger partial charge in [0.25, 0.3) is 5.91 Å². The van der Waals surface area contributed by atoms with Crippen LogP contribution in [0.2, 0.25) is 0 Å². The average molecular weight is 343 g/mol. The van der Waals surface area contributed by atoms with Gasteiger partial charge >= 0.3 is 0 Å². The van der Waals surface area contributed by atoms with E-state index in [1.54, 1.807) is 7.11 Å². The van der Waals surface area contributed by atoms with Crippen LogP contribution < -0.4 is 10.5 Å². The van der Waals surface area contributed by atoms with Crippen LogP contribution in [0.3, 0.4) is 0 Å². The van der Waals surface area contributed by atoms with Crippen LogP contribution in [0.4, 0.5) is 0 Å². The molecule has 25 heavy (non-hydrogen) atoms. The molecule has 2 aromatic rings. The number of nitrogens with zero attached hydrogens (tertiary/aromatic N) is 2. The summed E-state index contributed by atoms with van der Waals surface area (Å²) in [5.41, 5.74) is 10.3. The first-order chi connectivity index (χ1) is 11.9. The number of para-hydroxylation sites is 1. The number of hydrogen-bond donors (Lipinski definition) is 1. The summed E-state index contributed by atoms with van der Waals surface area (Å²) in [6, 6.07) is 7.79. The number of benzene rings is 1. The Labute approximate surface area is 150 Å². The van der Waals surface area contributed by atoms with E-state index >= 15 is 0 Å². The largest absolute Gasteiger partial charge is 0.496 e. The second kappa shape index (κ2) is 8.21. The molecule has 0 bridgehead atoms. The summed E-state index contributed by atoms with van der Waals surface area (Å²) in [4.78, 5) is 14.4. The lowest BCUT2D eigenvalue weighted by Gasteiger charge is -2.15. The zero-order valence-corrected chi connectivity index (χ0v) is 15.9. The van der Waals surface area contributed by atoms with Crippen molar-refractivity contribution >= 4 is 5.91 Å². The molecule has 0 aliphatic carbocycles. The topological polar surface area (TPSA) is 60.5 Å². The van der Waals surface area contributed by atoms with Gasteiger partial charge in [0.15, 0.2) is 0 Å². The molecule has 5 heteroatoms. The van der Waals surface area contributed by atoms with E-state index < -0.39 is 0 Å². The summed E-state index contributed by atoms with van der Waals surface area (Å²) >= 11 is 0. The molecule has 1 aromatic carbocycles. The van der Waals surface area contributed by atoms with Crippen molar-refractivity contribution < 1.29 is 9.53 Å². The van der Waals surface area contributed by atoms with Crippen LogP contribution in [0.15, 0.2) is 24.3 Å². The van der Waals surface area contributed by atoms with E-state index in [2.05, 4.69) is 30.5 Å². The average Bonchev–Trinajstić information content (AvgIpc) is 2.86. The molecule has 5 nitrogen and oxygen atoms in total. The number of hydrogen-bond acceptors (Lipinski definition) is 3. The molecule has 0 aliphatic rings. The molecule has 0 unspecified atom stereocenters. The van der Waals surface area contributed by atoms with Crippen molar-refractivity contribution in [2.24, 2.45) is 5.73 Å². The first-order valence-corrected chi connectivity index (χ1v) is 8.72. The number of ether oxygens (including phenoxy) is 1. The monoisotopic (exact) mass is 343 g/mol. The molecule has 0 radical (unpaired) electrons. The third-order valence-electron chi connectivity index (χ3n) is 4.58. The second-order valence-corrected chi connectivity index (χ2v) is 6.51. The van der Waals surface area contributed by atoms with E-state index in [9.17, 15) is 4.79 Å². The summed E-state index contributed by atoms with van der Waals surface area (Å²) in [6.07, 6.45) is 1.84. The SMILES string of the molecule is CCc1c(-c2ccccc2OC)c(C(N)=O)c(C)n1CCCN(C)C. The molecule has 136 valence electrons. The van der Waals surface area contributed by atoms with E-state index in [0.717, 1.165) is 54.2 Å². The van der Waals surface area contributed by atoms with Gasteiger partial charge in [0.2, 0.25) is 0 Å². The van der Waals surface area contributed by atoms with Crippen molar-refractivity contribution in [3.05, 3.63) is 41.2 Å². The smallest absolute Gasteiger partial charge is 0.251 e. The lowest BCUT2D eigenvalue weighted by molar-refractivity contribution is 0.1000. The highest BCUT2D eigenvalue weighted by Crippen LogP contribution is 2.38. The maximum absolute atomic E-state index is 12.2. The molecule has 0 fully saturated rings. The zero-order chi connectivity index (χ0) is 18.6. The number of primary amides is 1. The Balaban J connectivity index is 2.63. The Morgan fingerprint density at radius 1 is 1.28 bits per heavy atom. The molecule has 0 saturated carbocycles. The van der Waals surface area contributed by atoms with Gasteiger partial charge in [-0.15, -0.1) is 0 Å². The highest BCUT2D eigenvalue weighted by Gasteiger charge is 2.25. The predicted octanol–water partition coefficient (Wildman–Crippen LogP) is 3.09. The summed E-state index contributed by atoms with van der Waals surface area (Å²) in [7, 11) is 5.78. The van der Waals surface area contributed by atoms with Crippen LogP contribution in [0, 0.1) is 6.92 Å². The molecule has 0 saturated heterocycles. The van der Waals surface area contributed by atoms with E-state index in [0.29, 0.717) is 5.56 Å². The summed E-state index contributed by atoms with van der Waals surface area (Å²) in [5.74, 6) is 0.365. The van der Waals surface area contributed by atoms with E-state index in [4.69, 9.17) is 10.5 Å². The van der Waals surface area contributed by atoms with Gasteiger partial charge in [-0.2, -0.15) is 0 Å². The van der Waals surface area contributed by atoms with Crippen molar-refractivity contribution in [3.8, 4) is 16.9 Å². The maximum Gasteiger partial charge on any atom is 0.251 e. The van der Waals surface area contributed by atoms with Gasteiger partial charge in [-0.25, -0.2) is 0 Å². The van der Waals surface area contributed by atoms with Crippen LogP contribution in [-0.4, -0.2) is 43.1 Å². The molecular formula is C20H29N3O2. The third-order valence-corrected chi connectivity index (χ3v) is 4.58. The second-order valence-electron chi connectivity index (χ2n) is 6.51. The lowest BCUT2D eigenvalue weighted by atomic mass is 9.98. The Kier molecular flexibility index (Phi) is 6.26. The first kappa shape index (κ1) is 19.1. The number of carbonyl (C=O) groups is 1. The highest BCUT2D eigenvalue weighted by atomic mass is 16.5. The van der Waals surface area contributed by atoms with Crippen LogP contribution in [0.25, 0.3) is 11.1 Å². The van der Waals surface area contributed by atoms with E-state index in [1.165, 1.54) is 0 Å². The number of nitrogens with two attached hydrogens (primary N) is 1. The molecular weight excluding hydrogens is 314 g/mol. The summed E-state index contributed by atoms with van der Waals surface area (Å²) in [5, 5.41) is 0. The van der Waals surface area contributed by atoms with E-state index in [1.807, 2.05) is 31.2 Å². The Bertz CT molecular complexity index is 748. The number of methoxy groups -OCH3 is 1. The number of rotatable bonds is 8. The number of carbonyl (C=O) groups excluding carboxylic acids is 1. The molecule has 0 aliphatic heterocycles. The standard InChI is InChI=1S/C20H29N3O2/c1-6-16-19(15-10-7-8-11-17(15)25-5)18(20(21)24)14(2)23(16)13-9-12-22(3)4/h7-8,10-11H,6,9,12-13H2,1-5H3,(H2,21,24). The molecule has 1 aromatic heterocycles.